The Morgan fingerprint density at radius 2 is 1.78 bits per heavy atom. The van der Waals surface area contributed by atoms with Gasteiger partial charge in [0.25, 0.3) is 5.56 Å². The monoisotopic (exact) mass is 887 g/mol. The number of carbonyl (C=O) groups excluding carboxylic acids is 2. The quantitative estimate of drug-likeness (QED) is 0.162. The molecule has 332 valence electrons. The molecule has 63 heavy (non-hydrogen) atoms. The zero-order valence-electron chi connectivity index (χ0n) is 35.3. The number of anilines is 5. The van der Waals surface area contributed by atoms with Crippen LogP contribution in [0.2, 0.25) is 5.02 Å². The molecule has 4 fully saturated rings. The maximum absolute atomic E-state index is 16.2. The van der Waals surface area contributed by atoms with E-state index in [1.165, 1.54) is 9.25 Å². The van der Waals surface area contributed by atoms with Gasteiger partial charge >= 0.3 is 5.92 Å². The second-order valence-corrected chi connectivity index (χ2v) is 18.3. The standard InChI is InChI=1S/C44H49ClF3N11O4/c1-23-20-59(13-12-25(23)21-57-14-16-58(17-15-57)32-10-7-27-35(54-56(3)37(27)34(32)46)28-8-11-33(60)51-41(28)61)43-49-19-30(45)40(53-43)50-26-6-9-31-29(18-26)36-38(42(62)55(31)2)63-22-44(47,48)39(52-36)24-4-5-24/h6-7,9-10,18-19,23-25,28,39,52H,4-5,8,11-17,20-22H2,1-3H3,(H,49,50,53)(H,51,60,61)/t23-,25-,28?,39+/m1/s1. The van der Waals surface area contributed by atoms with Crippen molar-refractivity contribution in [3.63, 3.8) is 0 Å². The van der Waals surface area contributed by atoms with Crippen molar-refractivity contribution in [3.8, 4) is 5.75 Å². The van der Waals surface area contributed by atoms with Gasteiger partial charge in [0.05, 0.1) is 40.7 Å². The summed E-state index contributed by atoms with van der Waals surface area (Å²) in [6.07, 6.45) is 4.46. The first-order valence-corrected chi connectivity index (χ1v) is 22.1. The van der Waals surface area contributed by atoms with Crippen LogP contribution in [0.5, 0.6) is 5.75 Å². The Hall–Kier alpha value is -5.62. The Morgan fingerprint density at radius 3 is 2.52 bits per heavy atom. The third-order valence-electron chi connectivity index (χ3n) is 13.7. The van der Waals surface area contributed by atoms with Crippen molar-refractivity contribution in [2.75, 3.05) is 72.9 Å². The van der Waals surface area contributed by atoms with Crippen LogP contribution in [0.25, 0.3) is 21.8 Å². The van der Waals surface area contributed by atoms with Crippen molar-refractivity contribution in [2.45, 2.75) is 56.9 Å². The number of piperidine rings is 2. The van der Waals surface area contributed by atoms with E-state index in [1.54, 1.807) is 44.6 Å². The van der Waals surface area contributed by atoms with Gasteiger partial charge in [-0.2, -0.15) is 10.1 Å². The van der Waals surface area contributed by atoms with E-state index < -0.39 is 36.0 Å². The Labute approximate surface area is 365 Å². The van der Waals surface area contributed by atoms with Crippen LogP contribution < -0.4 is 36.0 Å². The molecule has 2 aromatic carbocycles. The first-order valence-electron chi connectivity index (χ1n) is 21.7. The van der Waals surface area contributed by atoms with E-state index in [1.807, 2.05) is 6.07 Å². The summed E-state index contributed by atoms with van der Waals surface area (Å²) in [4.78, 5) is 53.7. The number of hydrogen-bond acceptors (Lipinski definition) is 12. The molecule has 3 saturated heterocycles. The molecule has 1 aliphatic carbocycles. The van der Waals surface area contributed by atoms with Crippen molar-refractivity contribution in [1.29, 1.82) is 0 Å². The highest BCUT2D eigenvalue weighted by Crippen LogP contribution is 2.46. The summed E-state index contributed by atoms with van der Waals surface area (Å²) in [5.41, 5.74) is 2.30. The van der Waals surface area contributed by atoms with Crippen LogP contribution in [-0.4, -0.2) is 105 Å². The van der Waals surface area contributed by atoms with Gasteiger partial charge in [0, 0.05) is 82.8 Å². The van der Waals surface area contributed by atoms with E-state index in [9.17, 15) is 14.4 Å². The fraction of sp³-hybridized carbons (Fsp3) is 0.500. The molecule has 15 nitrogen and oxygen atoms in total. The number of rotatable bonds is 8. The number of aryl methyl sites for hydroxylation is 2. The number of ether oxygens (including phenoxy) is 1. The number of carbonyl (C=O) groups is 2. The van der Waals surface area contributed by atoms with Crippen LogP contribution >= 0.6 is 11.6 Å². The van der Waals surface area contributed by atoms with Crippen molar-refractivity contribution in [2.24, 2.45) is 31.8 Å². The maximum atomic E-state index is 16.2. The minimum Gasteiger partial charge on any atom is -0.480 e. The van der Waals surface area contributed by atoms with Crippen molar-refractivity contribution in [1.82, 2.24) is 34.5 Å². The summed E-state index contributed by atoms with van der Waals surface area (Å²) in [6.45, 7) is 6.71. The normalized spacial score (nSPS) is 24.2. The van der Waals surface area contributed by atoms with Crippen molar-refractivity contribution >= 4 is 74.0 Å². The molecule has 5 aromatic rings. The van der Waals surface area contributed by atoms with Crippen LogP contribution in [0, 0.1) is 23.6 Å². The van der Waals surface area contributed by atoms with E-state index in [2.05, 4.69) is 47.7 Å². The number of fused-ring (bicyclic) bond motifs is 4. The molecular formula is C44H49ClF3N11O4. The number of alkyl halides is 2. The highest BCUT2D eigenvalue weighted by atomic mass is 35.5. The molecule has 7 heterocycles. The molecule has 0 spiro atoms. The van der Waals surface area contributed by atoms with Gasteiger partial charge in [0.15, 0.2) is 18.2 Å². The zero-order valence-corrected chi connectivity index (χ0v) is 36.0. The van der Waals surface area contributed by atoms with E-state index in [0.29, 0.717) is 99.9 Å². The predicted octanol–water partition coefficient (Wildman–Crippen LogP) is 5.77. The van der Waals surface area contributed by atoms with Crippen LogP contribution in [0.1, 0.15) is 50.6 Å². The number of imide groups is 1. The summed E-state index contributed by atoms with van der Waals surface area (Å²) in [7, 11) is 3.28. The molecule has 5 aliphatic rings. The van der Waals surface area contributed by atoms with Crippen LogP contribution in [0.15, 0.2) is 41.3 Å². The van der Waals surface area contributed by atoms with Gasteiger partial charge in [-0.1, -0.05) is 18.5 Å². The van der Waals surface area contributed by atoms with E-state index in [-0.39, 0.29) is 35.5 Å². The lowest BCUT2D eigenvalue weighted by Crippen LogP contribution is -2.50. The molecule has 3 N–H and O–H groups in total. The molecule has 4 aliphatic heterocycles. The summed E-state index contributed by atoms with van der Waals surface area (Å²) in [6, 6.07) is 7.83. The second kappa shape index (κ2) is 15.9. The molecule has 1 unspecified atom stereocenters. The highest BCUT2D eigenvalue weighted by molar-refractivity contribution is 6.33. The first-order chi connectivity index (χ1) is 30.2. The zero-order chi connectivity index (χ0) is 43.9. The molecule has 10 rings (SSSR count). The predicted molar refractivity (Wildman–Crippen MR) is 234 cm³/mol. The fourth-order valence-electron chi connectivity index (χ4n) is 9.97. The number of nitrogens with one attached hydrogen (secondary N) is 3. The highest BCUT2D eigenvalue weighted by Gasteiger charge is 2.51. The van der Waals surface area contributed by atoms with E-state index >= 15 is 13.2 Å². The van der Waals surface area contributed by atoms with Crippen molar-refractivity contribution < 1.29 is 27.5 Å². The van der Waals surface area contributed by atoms with E-state index in [0.717, 1.165) is 39.1 Å². The summed E-state index contributed by atoms with van der Waals surface area (Å²) in [5.74, 6) is -3.41. The van der Waals surface area contributed by atoms with Crippen molar-refractivity contribution in [3.05, 3.63) is 63.4 Å². The van der Waals surface area contributed by atoms with Crippen LogP contribution in [0.4, 0.5) is 42.0 Å². The van der Waals surface area contributed by atoms with E-state index in [4.69, 9.17) is 21.3 Å². The summed E-state index contributed by atoms with van der Waals surface area (Å²) >= 11 is 6.65. The average molecular weight is 888 g/mol. The first kappa shape index (κ1) is 41.4. The summed E-state index contributed by atoms with van der Waals surface area (Å²) < 4.78 is 55.0. The minimum absolute atomic E-state index is 0.119. The van der Waals surface area contributed by atoms with Gasteiger partial charge in [-0.3, -0.25) is 29.3 Å². The average Bonchev–Trinajstić information content (AvgIpc) is 4.06. The molecule has 0 radical (unpaired) electrons. The maximum Gasteiger partial charge on any atom is 0.301 e. The van der Waals surface area contributed by atoms with Crippen LogP contribution in [0.3, 0.4) is 0 Å². The van der Waals surface area contributed by atoms with Gasteiger partial charge in [-0.25, -0.2) is 18.2 Å². The Bertz CT molecular complexity index is 2720. The molecule has 4 atom stereocenters. The van der Waals surface area contributed by atoms with Crippen LogP contribution in [-0.2, 0) is 23.7 Å². The minimum atomic E-state index is -3.14. The topological polar surface area (TPSA) is 155 Å². The largest absolute Gasteiger partial charge is 0.480 e. The SMILES string of the molecule is C[C@@H]1CN(c2ncc(Cl)c(Nc3ccc4c(c3)c3c(c(=O)n4C)OCC(F)(F)[C@H](C4CC4)N3)n2)CC[C@@H]1CN1CCN(c2ccc3c(C4CCC(=O)NC4=O)nn(C)c3c2F)CC1. The number of nitrogens with zero attached hydrogens (tertiary/aromatic N) is 8. The lowest BCUT2D eigenvalue weighted by Gasteiger charge is -2.42. The van der Waals surface area contributed by atoms with Gasteiger partial charge in [-0.15, -0.1) is 0 Å². The number of pyridine rings is 1. The Balaban J connectivity index is 0.784. The number of benzene rings is 2. The number of aromatic nitrogens is 5. The number of hydrogen-bond donors (Lipinski definition) is 3. The van der Waals surface area contributed by atoms with Gasteiger partial charge in [0.2, 0.25) is 23.5 Å². The Kier molecular flexibility index (Phi) is 10.4. The molecule has 1 saturated carbocycles. The van der Waals surface area contributed by atoms with Gasteiger partial charge in [-0.05, 0) is 73.8 Å². The second-order valence-electron chi connectivity index (χ2n) is 17.9. The third kappa shape index (κ3) is 7.57. The third-order valence-corrected chi connectivity index (χ3v) is 14.0. The van der Waals surface area contributed by atoms with Gasteiger partial charge in [0.1, 0.15) is 10.5 Å². The number of halogens is 4. The molecule has 3 aromatic heterocycles. The smallest absolute Gasteiger partial charge is 0.301 e. The lowest BCUT2D eigenvalue weighted by atomic mass is 9.86. The number of piperazine rings is 1. The molecule has 0 bridgehead atoms. The fourth-order valence-corrected chi connectivity index (χ4v) is 10.1. The molecular weight excluding hydrogens is 839 g/mol. The lowest BCUT2D eigenvalue weighted by molar-refractivity contribution is -0.134. The molecule has 19 heteroatoms. The summed E-state index contributed by atoms with van der Waals surface area (Å²) in [5, 5.41) is 14.7. The number of amides is 2. The Morgan fingerprint density at radius 1 is 0.984 bits per heavy atom. The van der Waals surface area contributed by atoms with Gasteiger partial charge < -0.3 is 29.7 Å². The molecule has 2 amide bonds.